The number of nitrogens with one attached hydrogen (secondary N) is 1. The van der Waals surface area contributed by atoms with Crippen LogP contribution in [0.3, 0.4) is 0 Å². The zero-order valence-corrected chi connectivity index (χ0v) is 12.4. The third-order valence-electron chi connectivity index (χ3n) is 2.75. The lowest BCUT2D eigenvalue weighted by Gasteiger charge is -2.01. The second-order valence-corrected chi connectivity index (χ2v) is 5.37. The van der Waals surface area contributed by atoms with Crippen LogP contribution in [0, 0.1) is 0 Å². The third-order valence-corrected chi connectivity index (χ3v) is 3.55. The quantitative estimate of drug-likeness (QED) is 0.755. The van der Waals surface area contributed by atoms with Gasteiger partial charge in [-0.2, -0.15) is 5.10 Å². The Morgan fingerprint density at radius 3 is 3.09 bits per heavy atom. The summed E-state index contributed by atoms with van der Waals surface area (Å²) < 4.78 is 6.89. The molecule has 3 aromatic heterocycles. The Morgan fingerprint density at radius 1 is 1.36 bits per heavy atom. The summed E-state index contributed by atoms with van der Waals surface area (Å²) in [7, 11) is 0. The molecule has 0 bridgehead atoms. The van der Waals surface area contributed by atoms with Crippen LogP contribution in [0.4, 0.5) is 5.13 Å². The maximum Gasteiger partial charge on any atom is 0.228 e. The van der Waals surface area contributed by atoms with E-state index in [2.05, 4.69) is 20.6 Å². The number of aromatic nitrogens is 4. The molecule has 0 saturated heterocycles. The number of hydrogen-bond acceptors (Lipinski definition) is 6. The van der Waals surface area contributed by atoms with Crippen LogP contribution in [0.2, 0.25) is 0 Å². The first-order chi connectivity index (χ1) is 10.8. The number of carbonyl (C=O) groups excluding carboxylic acids is 1. The van der Waals surface area contributed by atoms with Crippen LogP contribution in [0.1, 0.15) is 17.2 Å². The maximum absolute atomic E-state index is 11.8. The van der Waals surface area contributed by atoms with Gasteiger partial charge >= 0.3 is 0 Å². The highest BCUT2D eigenvalue weighted by Crippen LogP contribution is 2.18. The fourth-order valence-corrected chi connectivity index (χ4v) is 2.38. The van der Waals surface area contributed by atoms with Crippen LogP contribution < -0.4 is 5.32 Å². The molecule has 7 nitrogen and oxygen atoms in total. The van der Waals surface area contributed by atoms with E-state index >= 15 is 0 Å². The Bertz CT molecular complexity index is 746. The SMILES string of the molecule is O=C(CCn1cccn1)Nc1nnc(/C=C/c2ccco2)s1. The fourth-order valence-electron chi connectivity index (χ4n) is 1.72. The molecule has 3 heterocycles. The molecule has 3 rings (SSSR count). The van der Waals surface area contributed by atoms with Crippen LogP contribution in [0.5, 0.6) is 0 Å². The molecule has 0 spiro atoms. The van der Waals surface area contributed by atoms with Crippen molar-refractivity contribution in [3.63, 3.8) is 0 Å². The summed E-state index contributed by atoms with van der Waals surface area (Å²) in [5.41, 5.74) is 0. The van der Waals surface area contributed by atoms with E-state index in [4.69, 9.17) is 4.42 Å². The molecule has 0 aromatic carbocycles. The smallest absolute Gasteiger partial charge is 0.228 e. The molecule has 0 aliphatic carbocycles. The molecule has 0 radical (unpaired) electrons. The Morgan fingerprint density at radius 2 is 2.32 bits per heavy atom. The summed E-state index contributed by atoms with van der Waals surface area (Å²) in [6, 6.07) is 5.47. The second-order valence-electron chi connectivity index (χ2n) is 4.36. The number of amides is 1. The van der Waals surface area contributed by atoms with Gasteiger partial charge in [0.05, 0.1) is 6.26 Å². The summed E-state index contributed by atoms with van der Waals surface area (Å²) in [5.74, 6) is 0.619. The van der Waals surface area contributed by atoms with E-state index in [9.17, 15) is 4.79 Å². The number of rotatable bonds is 6. The predicted octanol–water partition coefficient (Wildman–Crippen LogP) is 2.53. The van der Waals surface area contributed by atoms with Gasteiger partial charge in [0.25, 0.3) is 0 Å². The predicted molar refractivity (Wildman–Crippen MR) is 83.0 cm³/mol. The topological polar surface area (TPSA) is 85.8 Å². The summed E-state index contributed by atoms with van der Waals surface area (Å²) in [5, 5.41) is 15.9. The Balaban J connectivity index is 1.51. The molecular formula is C14H13N5O2S. The van der Waals surface area contributed by atoms with Gasteiger partial charge in [-0.1, -0.05) is 11.3 Å². The number of nitrogens with zero attached hydrogens (tertiary/aromatic N) is 4. The molecule has 0 aliphatic rings. The molecule has 3 aromatic rings. The van der Waals surface area contributed by atoms with Gasteiger partial charge in [0.15, 0.2) is 0 Å². The van der Waals surface area contributed by atoms with Crippen molar-refractivity contribution in [3.05, 3.63) is 47.6 Å². The molecular weight excluding hydrogens is 302 g/mol. The number of aryl methyl sites for hydroxylation is 1. The van der Waals surface area contributed by atoms with E-state index < -0.39 is 0 Å². The highest BCUT2D eigenvalue weighted by atomic mass is 32.1. The molecule has 0 saturated carbocycles. The van der Waals surface area contributed by atoms with Gasteiger partial charge in [-0.25, -0.2) is 0 Å². The minimum absolute atomic E-state index is 0.117. The van der Waals surface area contributed by atoms with Crippen LogP contribution >= 0.6 is 11.3 Å². The second kappa shape index (κ2) is 6.81. The van der Waals surface area contributed by atoms with Crippen molar-refractivity contribution in [2.75, 3.05) is 5.32 Å². The van der Waals surface area contributed by atoms with E-state index in [0.717, 1.165) is 5.76 Å². The van der Waals surface area contributed by atoms with Crippen molar-refractivity contribution in [2.45, 2.75) is 13.0 Å². The van der Waals surface area contributed by atoms with Crippen LogP contribution in [0.25, 0.3) is 12.2 Å². The van der Waals surface area contributed by atoms with E-state index in [-0.39, 0.29) is 5.91 Å². The first-order valence-electron chi connectivity index (χ1n) is 6.62. The fraction of sp³-hybridized carbons (Fsp3) is 0.143. The number of hydrogen-bond donors (Lipinski definition) is 1. The van der Waals surface area contributed by atoms with Crippen molar-refractivity contribution in [1.29, 1.82) is 0 Å². The molecule has 1 amide bonds. The monoisotopic (exact) mass is 315 g/mol. The molecule has 0 atom stereocenters. The van der Waals surface area contributed by atoms with E-state index in [1.54, 1.807) is 29.3 Å². The lowest BCUT2D eigenvalue weighted by atomic mass is 10.4. The standard InChI is InChI=1S/C14H13N5O2S/c20-12(6-9-19-8-2-7-15-19)16-14-18-17-13(22-14)5-4-11-3-1-10-21-11/h1-5,7-8,10H,6,9H2,(H,16,18,20)/b5-4+. The summed E-state index contributed by atoms with van der Waals surface area (Å²) in [6.07, 6.45) is 9.01. The largest absolute Gasteiger partial charge is 0.465 e. The summed E-state index contributed by atoms with van der Waals surface area (Å²) in [4.78, 5) is 11.8. The Kier molecular flexibility index (Phi) is 4.40. The molecule has 0 aliphatic heterocycles. The molecule has 0 fully saturated rings. The number of carbonyl (C=O) groups is 1. The molecule has 0 unspecified atom stereocenters. The highest BCUT2D eigenvalue weighted by Gasteiger charge is 2.07. The minimum atomic E-state index is -0.117. The van der Waals surface area contributed by atoms with Crippen molar-refractivity contribution in [1.82, 2.24) is 20.0 Å². The van der Waals surface area contributed by atoms with Gasteiger partial charge in [0.2, 0.25) is 11.0 Å². The van der Waals surface area contributed by atoms with Gasteiger partial charge in [-0.05, 0) is 30.4 Å². The van der Waals surface area contributed by atoms with Gasteiger partial charge in [-0.3, -0.25) is 9.48 Å². The lowest BCUT2D eigenvalue weighted by Crippen LogP contribution is -2.14. The van der Waals surface area contributed by atoms with E-state index in [1.807, 2.05) is 24.4 Å². The molecule has 112 valence electrons. The van der Waals surface area contributed by atoms with Gasteiger partial charge in [0.1, 0.15) is 10.8 Å². The Hall–Kier alpha value is -2.74. The zero-order valence-electron chi connectivity index (χ0n) is 11.5. The van der Waals surface area contributed by atoms with Crippen molar-refractivity contribution in [3.8, 4) is 0 Å². The van der Waals surface area contributed by atoms with Gasteiger partial charge in [0, 0.05) is 25.4 Å². The van der Waals surface area contributed by atoms with Gasteiger partial charge < -0.3 is 9.73 Å². The van der Waals surface area contributed by atoms with E-state index in [1.165, 1.54) is 11.3 Å². The average Bonchev–Trinajstić information content (AvgIpc) is 3.25. The number of anilines is 1. The summed E-state index contributed by atoms with van der Waals surface area (Å²) >= 11 is 1.30. The first-order valence-corrected chi connectivity index (χ1v) is 7.43. The van der Waals surface area contributed by atoms with Crippen LogP contribution in [-0.2, 0) is 11.3 Å². The van der Waals surface area contributed by atoms with Crippen LogP contribution in [-0.4, -0.2) is 25.9 Å². The van der Waals surface area contributed by atoms with Crippen molar-refractivity contribution >= 4 is 34.5 Å². The van der Waals surface area contributed by atoms with E-state index in [0.29, 0.717) is 23.1 Å². The lowest BCUT2D eigenvalue weighted by molar-refractivity contribution is -0.116. The van der Waals surface area contributed by atoms with Gasteiger partial charge in [-0.15, -0.1) is 10.2 Å². The first kappa shape index (κ1) is 14.2. The maximum atomic E-state index is 11.8. The minimum Gasteiger partial charge on any atom is -0.465 e. The Labute approximate surface area is 130 Å². The van der Waals surface area contributed by atoms with Crippen LogP contribution in [0.15, 0.2) is 41.3 Å². The molecule has 22 heavy (non-hydrogen) atoms. The summed E-state index contributed by atoms with van der Waals surface area (Å²) in [6.45, 7) is 0.531. The molecule has 8 heteroatoms. The van der Waals surface area contributed by atoms with Crippen molar-refractivity contribution in [2.24, 2.45) is 0 Å². The average molecular weight is 315 g/mol. The molecule has 1 N–H and O–H groups in total. The number of furan rings is 1. The normalized spacial score (nSPS) is 11.1. The highest BCUT2D eigenvalue weighted by molar-refractivity contribution is 7.16. The zero-order chi connectivity index (χ0) is 15.2. The third kappa shape index (κ3) is 3.89. The van der Waals surface area contributed by atoms with Crippen molar-refractivity contribution < 1.29 is 9.21 Å².